The van der Waals surface area contributed by atoms with Gasteiger partial charge in [0.25, 0.3) is 5.69 Å². The third-order valence-electron chi connectivity index (χ3n) is 4.62. The maximum Gasteiger partial charge on any atom is 0.336 e. The Hall–Kier alpha value is -3.58. The number of esters is 1. The zero-order chi connectivity index (χ0) is 22.3. The topological polar surface area (TPSA) is 152 Å². The van der Waals surface area contributed by atoms with Crippen molar-refractivity contribution in [3.05, 3.63) is 51.2 Å². The van der Waals surface area contributed by atoms with Crippen LogP contribution < -0.4 is 0 Å². The molecule has 2 rings (SSSR count). The zero-order valence-corrected chi connectivity index (χ0v) is 16.5. The first-order valence-electron chi connectivity index (χ1n) is 9.16. The summed E-state index contributed by atoms with van der Waals surface area (Å²) in [5, 5.41) is 29.6. The van der Waals surface area contributed by atoms with Gasteiger partial charge >= 0.3 is 11.9 Å². The number of nitro groups is 1. The average Bonchev–Trinajstić information content (AvgIpc) is 2.72. The number of hydrogen-bond donors (Lipinski definition) is 1. The van der Waals surface area contributed by atoms with E-state index in [1.165, 1.54) is 31.4 Å². The maximum absolute atomic E-state index is 12.8. The summed E-state index contributed by atoms with van der Waals surface area (Å²) in [5.41, 5.74) is 0.889. The molecule has 0 saturated heterocycles. The van der Waals surface area contributed by atoms with Crippen molar-refractivity contribution in [2.24, 2.45) is 10.9 Å². The highest BCUT2D eigenvalue weighted by molar-refractivity contribution is 6.08. The van der Waals surface area contributed by atoms with E-state index in [9.17, 15) is 24.8 Å². The molecule has 30 heavy (non-hydrogen) atoms. The highest BCUT2D eigenvalue weighted by Crippen LogP contribution is 2.41. The third kappa shape index (κ3) is 4.87. The van der Waals surface area contributed by atoms with Gasteiger partial charge in [-0.1, -0.05) is 19.1 Å². The Kier molecular flexibility index (Phi) is 7.77. The van der Waals surface area contributed by atoms with Gasteiger partial charge in [-0.05, 0) is 12.0 Å². The van der Waals surface area contributed by atoms with E-state index in [4.69, 9.17) is 14.7 Å². The minimum atomic E-state index is -1.22. The van der Waals surface area contributed by atoms with Crippen LogP contribution in [0.15, 0.2) is 40.5 Å². The van der Waals surface area contributed by atoms with Crippen LogP contribution in [-0.2, 0) is 19.1 Å². The first-order chi connectivity index (χ1) is 14.3. The molecule has 1 aliphatic heterocycles. The van der Waals surface area contributed by atoms with Gasteiger partial charge in [0.2, 0.25) is 0 Å². The van der Waals surface area contributed by atoms with Gasteiger partial charge in [0.1, 0.15) is 12.5 Å². The number of ether oxygens (including phenoxy) is 2. The van der Waals surface area contributed by atoms with E-state index in [0.717, 1.165) is 0 Å². The minimum Gasteiger partial charge on any atom is -0.481 e. The highest BCUT2D eigenvalue weighted by atomic mass is 16.6. The Morgan fingerprint density at radius 1 is 1.33 bits per heavy atom. The first kappa shape index (κ1) is 22.7. The molecule has 0 fully saturated rings. The van der Waals surface area contributed by atoms with E-state index in [1.54, 1.807) is 6.92 Å². The fraction of sp³-hybridized carbons (Fsp3) is 0.400. The number of aliphatic imine (C=N–C) groups is 1. The number of methoxy groups -OCH3 is 1. The molecule has 0 bridgehead atoms. The molecule has 10 nitrogen and oxygen atoms in total. The van der Waals surface area contributed by atoms with Gasteiger partial charge in [0.15, 0.2) is 0 Å². The van der Waals surface area contributed by atoms with Crippen molar-refractivity contribution in [2.45, 2.75) is 25.7 Å². The second-order valence-electron chi connectivity index (χ2n) is 6.44. The molecule has 0 aliphatic carbocycles. The Labute approximate surface area is 172 Å². The molecule has 1 aromatic rings. The normalized spacial score (nSPS) is 18.4. The lowest BCUT2D eigenvalue weighted by molar-refractivity contribution is -0.384. The van der Waals surface area contributed by atoms with Crippen LogP contribution in [0.5, 0.6) is 0 Å². The average molecular weight is 415 g/mol. The van der Waals surface area contributed by atoms with Gasteiger partial charge < -0.3 is 14.6 Å². The number of carbonyl (C=O) groups is 2. The van der Waals surface area contributed by atoms with Crippen molar-refractivity contribution in [1.82, 2.24) is 0 Å². The molecule has 158 valence electrons. The number of benzene rings is 1. The molecule has 1 aliphatic rings. The fourth-order valence-corrected chi connectivity index (χ4v) is 3.34. The quantitative estimate of drug-likeness (QED) is 0.279. The summed E-state index contributed by atoms with van der Waals surface area (Å²) in [7, 11) is 1.41. The molecule has 0 radical (unpaired) electrons. The molecule has 0 aromatic heterocycles. The number of carboxylic acid groups (broad SMARTS) is 1. The molecular weight excluding hydrogens is 394 g/mol. The number of hydrogen-bond acceptors (Lipinski definition) is 8. The predicted octanol–water partition coefficient (Wildman–Crippen LogP) is 2.60. The molecule has 1 N–H and O–H groups in total. The van der Waals surface area contributed by atoms with Crippen molar-refractivity contribution >= 4 is 23.3 Å². The van der Waals surface area contributed by atoms with Gasteiger partial charge in [-0.15, -0.1) is 0 Å². The Bertz CT molecular complexity index is 929. The lowest BCUT2D eigenvalue weighted by Gasteiger charge is -2.32. The van der Waals surface area contributed by atoms with Gasteiger partial charge in [-0.3, -0.25) is 19.9 Å². The summed E-state index contributed by atoms with van der Waals surface area (Å²) in [6, 6.07) is 7.21. The lowest BCUT2D eigenvalue weighted by Crippen LogP contribution is -2.38. The molecule has 10 heteroatoms. The summed E-state index contributed by atoms with van der Waals surface area (Å²) in [6.45, 7) is 1.57. The molecule has 0 amide bonds. The van der Waals surface area contributed by atoms with Crippen LogP contribution >= 0.6 is 0 Å². The number of allylic oxidation sites excluding steroid dienone is 1. The van der Waals surface area contributed by atoms with Gasteiger partial charge in [-0.25, -0.2) is 4.79 Å². The standard InChI is InChI=1S/C20H21N3O7/c1-3-14-18(20(26)30-10-4-9-21)16(12-5-7-13(8-6-12)23(27)28)17(19(24)25)15(22-14)11-29-2/h5-8,16-17H,3-4,10-11H2,1-2H3,(H,24,25). The SMILES string of the molecule is CCC1=C(C(=O)OCCC#N)C(c2ccc([N+](=O)[O-])cc2)C(C(=O)O)C(COC)=N1. The van der Waals surface area contributed by atoms with Crippen LogP contribution in [0.1, 0.15) is 31.2 Å². The van der Waals surface area contributed by atoms with Crippen molar-refractivity contribution < 1.29 is 29.1 Å². The lowest BCUT2D eigenvalue weighted by atomic mass is 9.75. The minimum absolute atomic E-state index is 0.0107. The number of nitriles is 1. The number of carboxylic acids is 1. The van der Waals surface area contributed by atoms with E-state index in [2.05, 4.69) is 4.99 Å². The summed E-state index contributed by atoms with van der Waals surface area (Å²) >= 11 is 0. The summed E-state index contributed by atoms with van der Waals surface area (Å²) < 4.78 is 10.3. The van der Waals surface area contributed by atoms with Crippen molar-refractivity contribution in [3.8, 4) is 6.07 Å². The monoisotopic (exact) mass is 415 g/mol. The van der Waals surface area contributed by atoms with E-state index in [-0.39, 0.29) is 36.6 Å². The van der Waals surface area contributed by atoms with Crippen molar-refractivity contribution in [3.63, 3.8) is 0 Å². The molecule has 2 atom stereocenters. The molecule has 2 unspecified atom stereocenters. The van der Waals surface area contributed by atoms with E-state index in [1.807, 2.05) is 6.07 Å². The number of non-ortho nitro benzene ring substituents is 1. The molecule has 0 saturated carbocycles. The first-order valence-corrected chi connectivity index (χ1v) is 9.16. The summed E-state index contributed by atoms with van der Waals surface area (Å²) in [6.07, 6.45) is 0.314. The van der Waals surface area contributed by atoms with Crippen LogP contribution in [0.4, 0.5) is 5.69 Å². The second-order valence-corrected chi connectivity index (χ2v) is 6.44. The Balaban J connectivity index is 2.64. The molecule has 1 heterocycles. The number of nitro benzene ring substituents is 1. The van der Waals surface area contributed by atoms with E-state index >= 15 is 0 Å². The van der Waals surface area contributed by atoms with Crippen LogP contribution in [0, 0.1) is 27.4 Å². The largest absolute Gasteiger partial charge is 0.481 e. The summed E-state index contributed by atoms with van der Waals surface area (Å²) in [4.78, 5) is 39.8. The zero-order valence-electron chi connectivity index (χ0n) is 16.5. The summed E-state index contributed by atoms with van der Waals surface area (Å²) in [5.74, 6) is -4.18. The van der Waals surface area contributed by atoms with Gasteiger partial charge in [0, 0.05) is 25.2 Å². The van der Waals surface area contributed by atoms with Crippen molar-refractivity contribution in [1.29, 1.82) is 5.26 Å². The highest BCUT2D eigenvalue weighted by Gasteiger charge is 2.43. The molecular formula is C20H21N3O7. The van der Waals surface area contributed by atoms with Gasteiger partial charge in [-0.2, -0.15) is 5.26 Å². The maximum atomic E-state index is 12.8. The Morgan fingerprint density at radius 3 is 2.50 bits per heavy atom. The number of nitrogens with zero attached hydrogens (tertiary/aromatic N) is 3. The van der Waals surface area contributed by atoms with Gasteiger partial charge in [0.05, 0.1) is 41.0 Å². The molecule has 1 aromatic carbocycles. The van der Waals surface area contributed by atoms with Crippen LogP contribution in [0.3, 0.4) is 0 Å². The number of rotatable bonds is 9. The van der Waals surface area contributed by atoms with E-state index < -0.39 is 28.7 Å². The Morgan fingerprint density at radius 2 is 2.00 bits per heavy atom. The number of carbonyl (C=O) groups excluding carboxylic acids is 1. The number of aliphatic carboxylic acids is 1. The van der Waals surface area contributed by atoms with Crippen LogP contribution in [-0.4, -0.2) is 48.0 Å². The molecule has 0 spiro atoms. The smallest absolute Gasteiger partial charge is 0.336 e. The second kappa shape index (κ2) is 10.3. The fourth-order valence-electron chi connectivity index (χ4n) is 3.34. The predicted molar refractivity (Wildman–Crippen MR) is 105 cm³/mol. The van der Waals surface area contributed by atoms with Crippen LogP contribution in [0.25, 0.3) is 0 Å². The third-order valence-corrected chi connectivity index (χ3v) is 4.62. The van der Waals surface area contributed by atoms with E-state index in [0.29, 0.717) is 17.7 Å². The van der Waals surface area contributed by atoms with Crippen LogP contribution in [0.2, 0.25) is 0 Å². The van der Waals surface area contributed by atoms with Crippen molar-refractivity contribution in [2.75, 3.05) is 20.3 Å².